The van der Waals surface area contributed by atoms with Crippen LogP contribution < -0.4 is 0 Å². The largest absolute Gasteiger partial charge is 0.396 e. The highest BCUT2D eigenvalue weighted by atomic mass is 16.6. The average molecular weight is 299 g/mol. The Bertz CT molecular complexity index is 647. The number of Topliss-reactive ketones (excluding diaryl/α,β-unsaturated/α-hetero) is 1. The fraction of sp³-hybridized carbons (Fsp3) is 0.235. The van der Waals surface area contributed by atoms with E-state index < -0.39 is 4.92 Å². The van der Waals surface area contributed by atoms with Gasteiger partial charge in [0.05, 0.1) is 4.92 Å². The Balaban J connectivity index is 2.08. The summed E-state index contributed by atoms with van der Waals surface area (Å²) in [6.45, 7) is 0.104. The molecule has 0 unspecified atom stereocenters. The Morgan fingerprint density at radius 1 is 0.955 bits per heavy atom. The maximum absolute atomic E-state index is 11.9. The van der Waals surface area contributed by atoms with E-state index in [2.05, 4.69) is 0 Å². The van der Waals surface area contributed by atoms with Crippen molar-refractivity contribution in [1.29, 1.82) is 0 Å². The smallest absolute Gasteiger partial charge is 0.269 e. The molecule has 0 atom stereocenters. The van der Waals surface area contributed by atoms with Gasteiger partial charge in [0, 0.05) is 30.7 Å². The number of hydrogen-bond donors (Lipinski definition) is 1. The molecule has 0 saturated heterocycles. The van der Waals surface area contributed by atoms with E-state index in [4.69, 9.17) is 5.11 Å². The monoisotopic (exact) mass is 299 g/mol. The first-order valence-electron chi connectivity index (χ1n) is 7.11. The maximum Gasteiger partial charge on any atom is 0.269 e. The third kappa shape index (κ3) is 3.99. The SMILES string of the molecule is O=C(CCCCO)c1ccc(-c2ccc([N+](=O)[O-])cc2)cc1. The van der Waals surface area contributed by atoms with Crippen LogP contribution in [-0.2, 0) is 0 Å². The molecule has 2 aromatic rings. The first kappa shape index (κ1) is 15.9. The van der Waals surface area contributed by atoms with Crippen LogP contribution in [0.15, 0.2) is 48.5 Å². The number of benzene rings is 2. The Kier molecular flexibility index (Phi) is 5.38. The number of carbonyl (C=O) groups excluding carboxylic acids is 1. The highest BCUT2D eigenvalue weighted by Gasteiger charge is 2.08. The van der Waals surface area contributed by atoms with Crippen molar-refractivity contribution in [2.24, 2.45) is 0 Å². The summed E-state index contributed by atoms with van der Waals surface area (Å²) in [5.41, 5.74) is 2.47. The Labute approximate surface area is 128 Å². The fourth-order valence-electron chi connectivity index (χ4n) is 2.17. The van der Waals surface area contributed by atoms with Crippen LogP contribution in [0.4, 0.5) is 5.69 Å². The normalized spacial score (nSPS) is 10.4. The summed E-state index contributed by atoms with van der Waals surface area (Å²) >= 11 is 0. The number of nitrogens with zero attached hydrogens (tertiary/aromatic N) is 1. The van der Waals surface area contributed by atoms with Crippen molar-refractivity contribution in [2.45, 2.75) is 19.3 Å². The number of rotatable bonds is 7. The lowest BCUT2D eigenvalue weighted by atomic mass is 10.0. The van der Waals surface area contributed by atoms with Gasteiger partial charge in [0.1, 0.15) is 0 Å². The number of aliphatic hydroxyl groups is 1. The van der Waals surface area contributed by atoms with E-state index in [0.717, 1.165) is 11.1 Å². The first-order chi connectivity index (χ1) is 10.6. The van der Waals surface area contributed by atoms with Gasteiger partial charge in [-0.25, -0.2) is 0 Å². The van der Waals surface area contributed by atoms with Gasteiger partial charge in [-0.2, -0.15) is 0 Å². The average Bonchev–Trinajstić information content (AvgIpc) is 2.55. The Morgan fingerprint density at radius 3 is 2.00 bits per heavy atom. The molecule has 0 aliphatic rings. The second kappa shape index (κ2) is 7.47. The van der Waals surface area contributed by atoms with Crippen molar-refractivity contribution in [2.75, 3.05) is 6.61 Å². The molecule has 22 heavy (non-hydrogen) atoms. The zero-order valence-corrected chi connectivity index (χ0v) is 12.1. The molecule has 2 rings (SSSR count). The topological polar surface area (TPSA) is 80.4 Å². The predicted octanol–water partition coefficient (Wildman–Crippen LogP) is 3.61. The maximum atomic E-state index is 11.9. The summed E-state index contributed by atoms with van der Waals surface area (Å²) in [7, 11) is 0. The highest BCUT2D eigenvalue weighted by molar-refractivity contribution is 5.96. The lowest BCUT2D eigenvalue weighted by molar-refractivity contribution is -0.384. The van der Waals surface area contributed by atoms with E-state index in [1.165, 1.54) is 12.1 Å². The molecule has 5 nitrogen and oxygen atoms in total. The summed E-state index contributed by atoms with van der Waals surface area (Å²) in [5.74, 6) is 0.0590. The standard InChI is InChI=1S/C17H17NO4/c19-12-2-1-3-17(20)15-6-4-13(5-7-15)14-8-10-16(11-9-14)18(21)22/h4-11,19H,1-3,12H2. The molecule has 0 fully saturated rings. The van der Waals surface area contributed by atoms with Crippen LogP contribution in [0, 0.1) is 10.1 Å². The van der Waals surface area contributed by atoms with Crippen LogP contribution >= 0.6 is 0 Å². The van der Waals surface area contributed by atoms with Gasteiger partial charge in [0.15, 0.2) is 5.78 Å². The highest BCUT2D eigenvalue weighted by Crippen LogP contribution is 2.23. The molecule has 0 spiro atoms. The molecule has 0 amide bonds. The summed E-state index contributed by atoms with van der Waals surface area (Å²) in [6.07, 6.45) is 1.74. The van der Waals surface area contributed by atoms with Gasteiger partial charge in [-0.3, -0.25) is 14.9 Å². The fourth-order valence-corrected chi connectivity index (χ4v) is 2.17. The molecule has 0 aliphatic carbocycles. The second-order valence-corrected chi connectivity index (χ2v) is 4.99. The molecule has 1 N–H and O–H groups in total. The molecule has 5 heteroatoms. The van der Waals surface area contributed by atoms with Crippen molar-refractivity contribution in [3.63, 3.8) is 0 Å². The molecule has 0 saturated carbocycles. The lowest BCUT2D eigenvalue weighted by Crippen LogP contribution is -1.99. The van der Waals surface area contributed by atoms with Gasteiger partial charge in [-0.15, -0.1) is 0 Å². The van der Waals surface area contributed by atoms with Gasteiger partial charge in [-0.1, -0.05) is 24.3 Å². The minimum absolute atomic E-state index is 0.0550. The summed E-state index contributed by atoms with van der Waals surface area (Å²) in [5, 5.41) is 19.3. The molecule has 0 radical (unpaired) electrons. The zero-order chi connectivity index (χ0) is 15.9. The lowest BCUT2D eigenvalue weighted by Gasteiger charge is -2.04. The van der Waals surface area contributed by atoms with E-state index >= 15 is 0 Å². The molecular formula is C17H17NO4. The third-order valence-corrected chi connectivity index (χ3v) is 3.43. The molecule has 0 aliphatic heterocycles. The number of aliphatic hydroxyl groups excluding tert-OH is 1. The van der Waals surface area contributed by atoms with Gasteiger partial charge in [-0.05, 0) is 36.1 Å². The second-order valence-electron chi connectivity index (χ2n) is 4.99. The number of unbranched alkanes of at least 4 members (excludes halogenated alkanes) is 1. The third-order valence-electron chi connectivity index (χ3n) is 3.43. The molecule has 0 bridgehead atoms. The van der Waals surface area contributed by atoms with Gasteiger partial charge >= 0.3 is 0 Å². The molecule has 0 aromatic heterocycles. The van der Waals surface area contributed by atoms with E-state index in [-0.39, 0.29) is 18.1 Å². The van der Waals surface area contributed by atoms with E-state index in [1.807, 2.05) is 12.1 Å². The molecule has 0 heterocycles. The minimum atomic E-state index is -0.433. The van der Waals surface area contributed by atoms with Crippen molar-refractivity contribution >= 4 is 11.5 Å². The number of nitro groups is 1. The van der Waals surface area contributed by atoms with Crippen LogP contribution in [0.2, 0.25) is 0 Å². The van der Waals surface area contributed by atoms with Gasteiger partial charge < -0.3 is 5.11 Å². The van der Waals surface area contributed by atoms with Crippen LogP contribution in [0.1, 0.15) is 29.6 Å². The minimum Gasteiger partial charge on any atom is -0.396 e. The van der Waals surface area contributed by atoms with E-state index in [9.17, 15) is 14.9 Å². The Morgan fingerprint density at radius 2 is 1.50 bits per heavy atom. The number of carbonyl (C=O) groups is 1. The predicted molar refractivity (Wildman–Crippen MR) is 83.8 cm³/mol. The van der Waals surface area contributed by atoms with Crippen molar-refractivity contribution < 1.29 is 14.8 Å². The summed E-state index contributed by atoms with van der Waals surface area (Å²) < 4.78 is 0. The van der Waals surface area contributed by atoms with E-state index in [0.29, 0.717) is 24.8 Å². The summed E-state index contributed by atoms with van der Waals surface area (Å²) in [6, 6.07) is 13.5. The van der Waals surface area contributed by atoms with Crippen molar-refractivity contribution in [3.8, 4) is 11.1 Å². The quantitative estimate of drug-likeness (QED) is 0.366. The molecule has 2 aromatic carbocycles. The zero-order valence-electron chi connectivity index (χ0n) is 12.1. The van der Waals surface area contributed by atoms with Gasteiger partial charge in [0.25, 0.3) is 5.69 Å². The number of ketones is 1. The van der Waals surface area contributed by atoms with E-state index in [1.54, 1.807) is 24.3 Å². The number of non-ortho nitro benzene ring substituents is 1. The number of nitro benzene ring substituents is 1. The Hall–Kier alpha value is -2.53. The first-order valence-corrected chi connectivity index (χ1v) is 7.11. The van der Waals surface area contributed by atoms with Crippen molar-refractivity contribution in [3.05, 3.63) is 64.2 Å². The molecule has 114 valence electrons. The molecular weight excluding hydrogens is 282 g/mol. The van der Waals surface area contributed by atoms with Crippen LogP contribution in [0.3, 0.4) is 0 Å². The van der Waals surface area contributed by atoms with Crippen LogP contribution in [0.25, 0.3) is 11.1 Å². The van der Waals surface area contributed by atoms with Gasteiger partial charge in [0.2, 0.25) is 0 Å². The summed E-state index contributed by atoms with van der Waals surface area (Å²) in [4.78, 5) is 22.1. The van der Waals surface area contributed by atoms with Crippen LogP contribution in [-0.4, -0.2) is 22.4 Å². The van der Waals surface area contributed by atoms with Crippen LogP contribution in [0.5, 0.6) is 0 Å². The van der Waals surface area contributed by atoms with Crippen molar-refractivity contribution in [1.82, 2.24) is 0 Å². The number of hydrogen-bond acceptors (Lipinski definition) is 4.